The van der Waals surface area contributed by atoms with Gasteiger partial charge >= 0.3 is 0 Å². The first-order chi connectivity index (χ1) is 17.9. The Morgan fingerprint density at radius 3 is 2.54 bits per heavy atom. The summed E-state index contributed by atoms with van der Waals surface area (Å²) in [4.78, 5) is 35.0. The molecule has 2 aliphatic heterocycles. The molecule has 1 aromatic carbocycles. The van der Waals surface area contributed by atoms with Crippen molar-refractivity contribution in [3.63, 3.8) is 0 Å². The molecule has 198 valence electrons. The number of amides is 2. The molecule has 2 aromatic rings. The van der Waals surface area contributed by atoms with Crippen molar-refractivity contribution >= 4 is 35.0 Å². The van der Waals surface area contributed by atoms with Gasteiger partial charge in [-0.3, -0.25) is 14.6 Å². The lowest BCUT2D eigenvalue weighted by molar-refractivity contribution is -0.139. The van der Waals surface area contributed by atoms with E-state index in [2.05, 4.69) is 15.2 Å². The lowest BCUT2D eigenvalue weighted by atomic mass is 9.77. The van der Waals surface area contributed by atoms with Crippen LogP contribution in [0.3, 0.4) is 0 Å². The van der Waals surface area contributed by atoms with E-state index in [1.54, 1.807) is 6.20 Å². The monoisotopic (exact) mass is 542 g/mol. The van der Waals surface area contributed by atoms with E-state index in [0.29, 0.717) is 22.5 Å². The molecule has 3 aliphatic rings. The Balaban J connectivity index is 1.18. The SMILES string of the molecule is O=C(NC(CCN1CCC2(CC1)CCN(Cc1cccnc1)C2=O)c1ccc(Cl)c(Cl)c1)C1CCCC1. The van der Waals surface area contributed by atoms with Crippen LogP contribution in [-0.4, -0.2) is 52.8 Å². The summed E-state index contributed by atoms with van der Waals surface area (Å²) in [7, 11) is 0. The van der Waals surface area contributed by atoms with Crippen molar-refractivity contribution in [3.05, 3.63) is 63.9 Å². The van der Waals surface area contributed by atoms with Gasteiger partial charge in [0.15, 0.2) is 0 Å². The predicted octanol–water partition coefficient (Wildman–Crippen LogP) is 5.64. The van der Waals surface area contributed by atoms with Crippen LogP contribution < -0.4 is 5.32 Å². The molecule has 8 heteroatoms. The van der Waals surface area contributed by atoms with Crippen molar-refractivity contribution in [1.82, 2.24) is 20.1 Å². The number of carbonyl (C=O) groups excluding carboxylic acids is 2. The number of benzene rings is 1. The zero-order valence-electron chi connectivity index (χ0n) is 21.3. The van der Waals surface area contributed by atoms with Gasteiger partial charge in [-0.15, -0.1) is 0 Å². The van der Waals surface area contributed by atoms with Crippen LogP contribution in [0.25, 0.3) is 0 Å². The highest BCUT2D eigenvalue weighted by Gasteiger charge is 2.47. The highest BCUT2D eigenvalue weighted by atomic mass is 35.5. The minimum atomic E-state index is -0.224. The number of halogens is 2. The average Bonchev–Trinajstić information content (AvgIpc) is 3.55. The summed E-state index contributed by atoms with van der Waals surface area (Å²) in [5, 5.41) is 4.34. The molecule has 1 aromatic heterocycles. The van der Waals surface area contributed by atoms with Crippen LogP contribution in [0, 0.1) is 11.3 Å². The second-order valence-electron chi connectivity index (χ2n) is 11.0. The first kappa shape index (κ1) is 26.5. The summed E-state index contributed by atoms with van der Waals surface area (Å²) in [6.07, 6.45) is 11.3. The maximum absolute atomic E-state index is 13.4. The number of nitrogens with one attached hydrogen (secondary N) is 1. The fourth-order valence-corrected chi connectivity index (χ4v) is 6.57. The van der Waals surface area contributed by atoms with E-state index in [1.165, 1.54) is 0 Å². The van der Waals surface area contributed by atoms with Gasteiger partial charge in [0.1, 0.15) is 0 Å². The van der Waals surface area contributed by atoms with Gasteiger partial charge in [-0.1, -0.05) is 48.2 Å². The summed E-state index contributed by atoms with van der Waals surface area (Å²) >= 11 is 12.5. The molecule has 1 atom stereocenters. The Morgan fingerprint density at radius 1 is 1.08 bits per heavy atom. The van der Waals surface area contributed by atoms with Crippen molar-refractivity contribution in [3.8, 4) is 0 Å². The summed E-state index contributed by atoms with van der Waals surface area (Å²) in [5.41, 5.74) is 1.85. The number of hydrogen-bond donors (Lipinski definition) is 1. The fourth-order valence-electron chi connectivity index (χ4n) is 6.26. The van der Waals surface area contributed by atoms with Crippen LogP contribution in [0.5, 0.6) is 0 Å². The van der Waals surface area contributed by atoms with Crippen molar-refractivity contribution < 1.29 is 9.59 Å². The topological polar surface area (TPSA) is 65.5 Å². The number of pyridine rings is 1. The second kappa shape index (κ2) is 11.7. The number of likely N-dealkylation sites (tertiary alicyclic amines) is 2. The van der Waals surface area contributed by atoms with Gasteiger partial charge in [0.05, 0.1) is 21.5 Å². The third-order valence-corrected chi connectivity index (χ3v) is 9.37. The predicted molar refractivity (Wildman–Crippen MR) is 146 cm³/mol. The van der Waals surface area contributed by atoms with Gasteiger partial charge in [-0.25, -0.2) is 0 Å². The lowest BCUT2D eigenvalue weighted by Crippen LogP contribution is -2.45. The number of nitrogens with zero attached hydrogens (tertiary/aromatic N) is 3. The molecule has 1 aliphatic carbocycles. The van der Waals surface area contributed by atoms with Gasteiger partial charge in [0.25, 0.3) is 0 Å². The van der Waals surface area contributed by atoms with Crippen LogP contribution in [0.1, 0.15) is 68.5 Å². The molecule has 1 unspecified atom stereocenters. The normalized spacial score (nSPS) is 21.0. The Labute approximate surface area is 229 Å². The molecule has 2 saturated heterocycles. The Morgan fingerprint density at radius 2 is 1.84 bits per heavy atom. The smallest absolute Gasteiger partial charge is 0.229 e. The number of carbonyl (C=O) groups is 2. The number of hydrogen-bond acceptors (Lipinski definition) is 4. The highest BCUT2D eigenvalue weighted by molar-refractivity contribution is 6.42. The molecule has 3 heterocycles. The zero-order valence-corrected chi connectivity index (χ0v) is 22.8. The number of aromatic nitrogens is 1. The molecular weight excluding hydrogens is 507 g/mol. The Hall–Kier alpha value is -2.15. The molecule has 1 saturated carbocycles. The molecule has 1 spiro atoms. The van der Waals surface area contributed by atoms with Crippen LogP contribution in [0.2, 0.25) is 10.0 Å². The third-order valence-electron chi connectivity index (χ3n) is 8.63. The second-order valence-corrected chi connectivity index (χ2v) is 11.8. The van der Waals surface area contributed by atoms with Crippen molar-refractivity contribution in [1.29, 1.82) is 0 Å². The lowest BCUT2D eigenvalue weighted by Gasteiger charge is -2.38. The summed E-state index contributed by atoms with van der Waals surface area (Å²) in [6.45, 7) is 4.12. The van der Waals surface area contributed by atoms with E-state index in [-0.39, 0.29) is 23.3 Å². The van der Waals surface area contributed by atoms with E-state index in [9.17, 15) is 9.59 Å². The first-order valence-electron chi connectivity index (χ1n) is 13.6. The molecule has 6 nitrogen and oxygen atoms in total. The van der Waals surface area contributed by atoms with E-state index < -0.39 is 0 Å². The minimum Gasteiger partial charge on any atom is -0.349 e. The van der Waals surface area contributed by atoms with Gasteiger partial charge < -0.3 is 15.1 Å². The maximum atomic E-state index is 13.4. The van der Waals surface area contributed by atoms with Gasteiger partial charge in [-0.05, 0) is 80.9 Å². The van der Waals surface area contributed by atoms with E-state index in [4.69, 9.17) is 23.2 Å². The minimum absolute atomic E-state index is 0.109. The van der Waals surface area contributed by atoms with Crippen LogP contribution in [-0.2, 0) is 16.1 Å². The van der Waals surface area contributed by atoms with Crippen LogP contribution in [0.15, 0.2) is 42.7 Å². The zero-order chi connectivity index (χ0) is 25.8. The standard InChI is InChI=1S/C29H36Cl2N4O2/c30-24-8-7-23(18-25(24)31)26(33-27(36)22-5-1-2-6-22)9-14-34-15-10-29(11-16-34)12-17-35(28(29)37)20-21-4-3-13-32-19-21/h3-4,7-8,13,18-19,22,26H,1-2,5-6,9-12,14-17,20H2,(H,33,36). The molecule has 0 radical (unpaired) electrons. The van der Waals surface area contributed by atoms with Crippen molar-refractivity contribution in [2.45, 2.75) is 64.0 Å². The van der Waals surface area contributed by atoms with E-state index >= 15 is 0 Å². The summed E-state index contributed by atoms with van der Waals surface area (Å²) in [6, 6.07) is 9.49. The highest BCUT2D eigenvalue weighted by Crippen LogP contribution is 2.42. The molecule has 3 fully saturated rings. The van der Waals surface area contributed by atoms with Crippen LogP contribution >= 0.6 is 23.2 Å². The molecule has 5 rings (SSSR count). The number of piperidine rings is 1. The third kappa shape index (κ3) is 6.13. The van der Waals surface area contributed by atoms with Gasteiger partial charge in [-0.2, -0.15) is 0 Å². The Bertz CT molecular complexity index is 1100. The summed E-state index contributed by atoms with van der Waals surface area (Å²) in [5.74, 6) is 0.563. The number of rotatable bonds is 8. The molecule has 2 amide bonds. The van der Waals surface area contributed by atoms with Crippen molar-refractivity contribution in [2.75, 3.05) is 26.2 Å². The van der Waals surface area contributed by atoms with Crippen molar-refractivity contribution in [2.24, 2.45) is 11.3 Å². The van der Waals surface area contributed by atoms with Crippen LogP contribution in [0.4, 0.5) is 0 Å². The quantitative estimate of drug-likeness (QED) is 0.468. The fraction of sp³-hybridized carbons (Fsp3) is 0.552. The molecule has 1 N–H and O–H groups in total. The van der Waals surface area contributed by atoms with E-state index in [1.807, 2.05) is 41.4 Å². The maximum Gasteiger partial charge on any atom is 0.229 e. The first-order valence-corrected chi connectivity index (χ1v) is 14.4. The average molecular weight is 544 g/mol. The van der Waals surface area contributed by atoms with E-state index in [0.717, 1.165) is 88.7 Å². The van der Waals surface area contributed by atoms with Gasteiger partial charge in [0.2, 0.25) is 11.8 Å². The summed E-state index contributed by atoms with van der Waals surface area (Å²) < 4.78 is 0. The molecule has 37 heavy (non-hydrogen) atoms. The van der Waals surface area contributed by atoms with Gasteiger partial charge in [0, 0.05) is 37.9 Å². The molecule has 0 bridgehead atoms. The largest absolute Gasteiger partial charge is 0.349 e. The molecular formula is C29H36Cl2N4O2. The Kier molecular flexibility index (Phi) is 8.37.